The van der Waals surface area contributed by atoms with Crippen LogP contribution >= 0.6 is 23.2 Å². The van der Waals surface area contributed by atoms with Crippen molar-refractivity contribution in [3.05, 3.63) is 28.2 Å². The maximum atomic E-state index is 10.1. The van der Waals surface area contributed by atoms with Crippen molar-refractivity contribution in [2.24, 2.45) is 0 Å². The Morgan fingerprint density at radius 2 is 1.67 bits per heavy atom. The smallest absolute Gasteiger partial charge is 0.156 e. The summed E-state index contributed by atoms with van der Waals surface area (Å²) >= 11 is 12.0. The third kappa shape index (κ3) is 6.41. The van der Waals surface area contributed by atoms with E-state index in [4.69, 9.17) is 27.9 Å². The Labute approximate surface area is 136 Å². The third-order valence-electron chi connectivity index (χ3n) is 3.01. The zero-order chi connectivity index (χ0) is 16.0. The van der Waals surface area contributed by atoms with Gasteiger partial charge < -0.3 is 14.9 Å². The van der Waals surface area contributed by atoms with E-state index in [1.165, 1.54) is 0 Å². The lowest BCUT2D eigenvalue weighted by molar-refractivity contribution is 0.0366. The minimum atomic E-state index is -0.696. The van der Waals surface area contributed by atoms with E-state index in [-0.39, 0.29) is 12.6 Å². The second-order valence-corrected chi connectivity index (χ2v) is 6.23. The van der Waals surface area contributed by atoms with Crippen LogP contribution in [0.5, 0.6) is 5.75 Å². The summed E-state index contributed by atoms with van der Waals surface area (Å²) in [5.74, 6) is 0.381. The molecule has 4 nitrogen and oxygen atoms in total. The number of hydrogen-bond acceptors (Lipinski definition) is 4. The van der Waals surface area contributed by atoms with Crippen molar-refractivity contribution in [3.8, 4) is 5.75 Å². The summed E-state index contributed by atoms with van der Waals surface area (Å²) < 4.78 is 5.51. The average molecular weight is 336 g/mol. The van der Waals surface area contributed by atoms with Crippen molar-refractivity contribution in [1.29, 1.82) is 0 Å². The molecule has 120 valence electrons. The Kier molecular flexibility index (Phi) is 7.77. The number of rotatable bonds is 8. The molecule has 0 saturated carbocycles. The Morgan fingerprint density at radius 1 is 1.10 bits per heavy atom. The molecule has 21 heavy (non-hydrogen) atoms. The Balaban J connectivity index is 2.54. The normalized spacial score (nSPS) is 14.5. The second-order valence-electron chi connectivity index (χ2n) is 5.41. The van der Waals surface area contributed by atoms with Gasteiger partial charge in [-0.05, 0) is 32.9 Å². The van der Waals surface area contributed by atoms with Crippen LogP contribution < -0.4 is 4.74 Å². The lowest BCUT2D eigenvalue weighted by Crippen LogP contribution is -2.43. The molecule has 1 rings (SSSR count). The zero-order valence-corrected chi connectivity index (χ0v) is 14.1. The van der Waals surface area contributed by atoms with Crippen LogP contribution in [0.3, 0.4) is 0 Å². The first-order chi connectivity index (χ1) is 9.81. The number of aliphatic hydroxyl groups excluding tert-OH is 2. The molecule has 1 aromatic rings. The fraction of sp³-hybridized carbons (Fsp3) is 0.600. The Hall–Kier alpha value is -0.520. The van der Waals surface area contributed by atoms with Crippen LogP contribution in [-0.4, -0.2) is 53.1 Å². The van der Waals surface area contributed by atoms with Crippen molar-refractivity contribution in [2.45, 2.75) is 39.0 Å². The molecule has 0 spiro atoms. The summed E-state index contributed by atoms with van der Waals surface area (Å²) in [6.45, 7) is 6.75. The van der Waals surface area contributed by atoms with Crippen molar-refractivity contribution < 1.29 is 14.9 Å². The monoisotopic (exact) mass is 335 g/mol. The van der Waals surface area contributed by atoms with E-state index in [2.05, 4.69) is 0 Å². The van der Waals surface area contributed by atoms with Gasteiger partial charge in [0.05, 0.1) is 16.1 Å². The molecule has 0 radical (unpaired) electrons. The number of halogens is 2. The summed E-state index contributed by atoms with van der Waals surface area (Å²) in [6.07, 6.45) is -1.14. The number of hydrogen-bond donors (Lipinski definition) is 2. The largest absolute Gasteiger partial charge is 0.488 e. The van der Waals surface area contributed by atoms with E-state index in [9.17, 15) is 10.2 Å². The van der Waals surface area contributed by atoms with E-state index in [1.807, 2.05) is 18.7 Å². The zero-order valence-electron chi connectivity index (χ0n) is 12.6. The molecule has 6 heteroatoms. The van der Waals surface area contributed by atoms with Crippen LogP contribution in [0, 0.1) is 0 Å². The van der Waals surface area contributed by atoms with Gasteiger partial charge in [0.2, 0.25) is 0 Å². The SMILES string of the molecule is CC(O)CN(CC(O)COc1c(Cl)cccc1Cl)C(C)C. The minimum absolute atomic E-state index is 0.0898. The lowest BCUT2D eigenvalue weighted by Gasteiger charge is -2.29. The van der Waals surface area contributed by atoms with E-state index in [0.29, 0.717) is 28.9 Å². The van der Waals surface area contributed by atoms with Crippen LogP contribution in [0.25, 0.3) is 0 Å². The minimum Gasteiger partial charge on any atom is -0.488 e. The molecular weight excluding hydrogens is 313 g/mol. The van der Waals surface area contributed by atoms with Gasteiger partial charge in [-0.15, -0.1) is 0 Å². The van der Waals surface area contributed by atoms with Crippen LogP contribution in [0.1, 0.15) is 20.8 Å². The number of ether oxygens (including phenoxy) is 1. The fourth-order valence-corrected chi connectivity index (χ4v) is 2.47. The molecule has 1 aromatic carbocycles. The van der Waals surface area contributed by atoms with Gasteiger partial charge in [0.15, 0.2) is 5.75 Å². The molecule has 2 N–H and O–H groups in total. The highest BCUT2D eigenvalue weighted by atomic mass is 35.5. The predicted octanol–water partition coefficient (Wildman–Crippen LogP) is 2.82. The molecule has 2 atom stereocenters. The van der Waals surface area contributed by atoms with Crippen molar-refractivity contribution >= 4 is 23.2 Å². The molecule has 0 fully saturated rings. The van der Waals surface area contributed by atoms with Gasteiger partial charge >= 0.3 is 0 Å². The second kappa shape index (κ2) is 8.81. The third-order valence-corrected chi connectivity index (χ3v) is 3.61. The molecule has 0 saturated heterocycles. The molecule has 0 aromatic heterocycles. The van der Waals surface area contributed by atoms with Crippen molar-refractivity contribution in [3.63, 3.8) is 0 Å². The maximum absolute atomic E-state index is 10.1. The lowest BCUT2D eigenvalue weighted by atomic mass is 10.2. The van der Waals surface area contributed by atoms with Crippen molar-refractivity contribution in [2.75, 3.05) is 19.7 Å². The van der Waals surface area contributed by atoms with Gasteiger partial charge in [0, 0.05) is 19.1 Å². The number of benzene rings is 1. The van der Waals surface area contributed by atoms with Gasteiger partial charge in [0.1, 0.15) is 12.7 Å². The van der Waals surface area contributed by atoms with Gasteiger partial charge in [-0.3, -0.25) is 4.90 Å². The predicted molar refractivity (Wildman–Crippen MR) is 86.4 cm³/mol. The first kappa shape index (κ1) is 18.5. The summed E-state index contributed by atoms with van der Waals surface area (Å²) in [4.78, 5) is 1.99. The van der Waals surface area contributed by atoms with Gasteiger partial charge in [-0.1, -0.05) is 29.3 Å². The fourth-order valence-electron chi connectivity index (χ4n) is 1.96. The summed E-state index contributed by atoms with van der Waals surface area (Å²) in [7, 11) is 0. The summed E-state index contributed by atoms with van der Waals surface area (Å²) in [5.41, 5.74) is 0. The Morgan fingerprint density at radius 3 is 2.14 bits per heavy atom. The highest BCUT2D eigenvalue weighted by Crippen LogP contribution is 2.32. The van der Waals surface area contributed by atoms with E-state index in [1.54, 1.807) is 25.1 Å². The first-order valence-corrected chi connectivity index (χ1v) is 7.73. The van der Waals surface area contributed by atoms with Crippen LogP contribution in [0.4, 0.5) is 0 Å². The van der Waals surface area contributed by atoms with Crippen LogP contribution in [0.2, 0.25) is 10.0 Å². The van der Waals surface area contributed by atoms with Gasteiger partial charge in [-0.2, -0.15) is 0 Å². The quantitative estimate of drug-likeness (QED) is 0.767. The number of nitrogens with zero attached hydrogens (tertiary/aromatic N) is 1. The topological polar surface area (TPSA) is 52.9 Å². The highest BCUT2D eigenvalue weighted by Gasteiger charge is 2.18. The molecular formula is C15H23Cl2NO3. The molecule has 0 aliphatic carbocycles. The number of para-hydroxylation sites is 1. The molecule has 0 aliphatic heterocycles. The van der Waals surface area contributed by atoms with E-state index in [0.717, 1.165) is 0 Å². The number of aliphatic hydroxyl groups is 2. The standard InChI is InChI=1S/C15H23Cl2NO3/c1-10(2)18(7-11(3)19)8-12(20)9-21-15-13(16)5-4-6-14(15)17/h4-6,10-12,19-20H,7-9H2,1-3H3. The van der Waals surface area contributed by atoms with E-state index < -0.39 is 12.2 Å². The highest BCUT2D eigenvalue weighted by molar-refractivity contribution is 6.37. The van der Waals surface area contributed by atoms with Gasteiger partial charge in [0.25, 0.3) is 0 Å². The summed E-state index contributed by atoms with van der Waals surface area (Å²) in [5, 5.41) is 20.4. The molecule has 0 bridgehead atoms. The van der Waals surface area contributed by atoms with Gasteiger partial charge in [-0.25, -0.2) is 0 Å². The van der Waals surface area contributed by atoms with E-state index >= 15 is 0 Å². The van der Waals surface area contributed by atoms with Crippen molar-refractivity contribution in [1.82, 2.24) is 4.90 Å². The van der Waals surface area contributed by atoms with Crippen LogP contribution in [0.15, 0.2) is 18.2 Å². The van der Waals surface area contributed by atoms with Crippen LogP contribution in [-0.2, 0) is 0 Å². The summed E-state index contributed by atoms with van der Waals surface area (Å²) in [6, 6.07) is 5.32. The molecule has 0 amide bonds. The Bertz CT molecular complexity index is 421. The molecule has 0 aliphatic rings. The average Bonchev–Trinajstić information content (AvgIpc) is 2.36. The molecule has 2 unspecified atom stereocenters. The molecule has 0 heterocycles. The maximum Gasteiger partial charge on any atom is 0.156 e. The first-order valence-electron chi connectivity index (χ1n) is 6.98.